The molecule has 0 aromatic heterocycles. The van der Waals surface area contributed by atoms with Crippen LogP contribution < -0.4 is 10.2 Å². The Morgan fingerprint density at radius 1 is 1.12 bits per heavy atom. The standard InChI is InChI=1S/C20H23BrN2O2/c21-18-5-1-4-17(15-18)20(24)22-10-2-3-16-6-8-19(9-7-16)23-11-13-25-14-12-23/h1,4-9,15H,2-3,10-14H2,(H,22,24). The SMILES string of the molecule is O=C(NCCCc1ccc(N2CCOCC2)cc1)c1cccc(Br)c1. The van der Waals surface area contributed by atoms with E-state index in [9.17, 15) is 4.79 Å². The molecule has 0 bridgehead atoms. The van der Waals surface area contributed by atoms with Gasteiger partial charge in [-0.15, -0.1) is 0 Å². The van der Waals surface area contributed by atoms with E-state index in [2.05, 4.69) is 50.4 Å². The number of anilines is 1. The number of morpholine rings is 1. The molecule has 2 aromatic rings. The van der Waals surface area contributed by atoms with Gasteiger partial charge in [0.05, 0.1) is 13.2 Å². The second kappa shape index (κ2) is 9.02. The fourth-order valence-corrected chi connectivity index (χ4v) is 3.32. The van der Waals surface area contributed by atoms with Gasteiger partial charge >= 0.3 is 0 Å². The van der Waals surface area contributed by atoms with Crippen LogP contribution in [0.5, 0.6) is 0 Å². The minimum absolute atomic E-state index is 0.0241. The molecule has 1 amide bonds. The highest BCUT2D eigenvalue weighted by Crippen LogP contribution is 2.17. The monoisotopic (exact) mass is 402 g/mol. The molecular weight excluding hydrogens is 380 g/mol. The molecule has 0 spiro atoms. The average Bonchev–Trinajstić information content (AvgIpc) is 2.66. The zero-order chi connectivity index (χ0) is 17.5. The lowest BCUT2D eigenvalue weighted by Crippen LogP contribution is -2.36. The van der Waals surface area contributed by atoms with Gasteiger partial charge in [-0.2, -0.15) is 0 Å². The first-order chi connectivity index (χ1) is 12.2. The third-order valence-corrected chi connectivity index (χ3v) is 4.82. The number of nitrogens with zero attached hydrogens (tertiary/aromatic N) is 1. The maximum Gasteiger partial charge on any atom is 0.251 e. The number of hydrogen-bond acceptors (Lipinski definition) is 3. The molecule has 132 valence electrons. The van der Waals surface area contributed by atoms with Crippen molar-refractivity contribution in [2.75, 3.05) is 37.7 Å². The van der Waals surface area contributed by atoms with Crippen molar-refractivity contribution in [2.24, 2.45) is 0 Å². The fraction of sp³-hybridized carbons (Fsp3) is 0.350. The van der Waals surface area contributed by atoms with E-state index in [4.69, 9.17) is 4.74 Å². The summed E-state index contributed by atoms with van der Waals surface area (Å²) in [6, 6.07) is 16.2. The molecular formula is C20H23BrN2O2. The van der Waals surface area contributed by atoms with E-state index in [-0.39, 0.29) is 5.91 Å². The van der Waals surface area contributed by atoms with Crippen LogP contribution in [0, 0.1) is 0 Å². The fourth-order valence-electron chi connectivity index (χ4n) is 2.92. The molecule has 1 aliphatic heterocycles. The van der Waals surface area contributed by atoms with Crippen LogP contribution in [0.2, 0.25) is 0 Å². The summed E-state index contributed by atoms with van der Waals surface area (Å²) in [5.74, 6) is -0.0241. The van der Waals surface area contributed by atoms with Crippen molar-refractivity contribution in [3.63, 3.8) is 0 Å². The summed E-state index contributed by atoms with van der Waals surface area (Å²) < 4.78 is 6.31. The Labute approximate surface area is 157 Å². The molecule has 0 aliphatic carbocycles. The second-order valence-corrected chi connectivity index (χ2v) is 7.05. The molecule has 4 nitrogen and oxygen atoms in total. The van der Waals surface area contributed by atoms with Gasteiger partial charge in [-0.05, 0) is 48.7 Å². The summed E-state index contributed by atoms with van der Waals surface area (Å²) >= 11 is 3.39. The highest BCUT2D eigenvalue weighted by molar-refractivity contribution is 9.10. The van der Waals surface area contributed by atoms with Gasteiger partial charge < -0.3 is 15.0 Å². The van der Waals surface area contributed by atoms with E-state index < -0.39 is 0 Å². The molecule has 5 heteroatoms. The first-order valence-electron chi connectivity index (χ1n) is 8.68. The number of ether oxygens (including phenoxy) is 1. The molecule has 3 rings (SSSR count). The molecule has 0 saturated carbocycles. The Bertz CT molecular complexity index is 697. The molecule has 0 unspecified atom stereocenters. The molecule has 0 atom stereocenters. The lowest BCUT2D eigenvalue weighted by Gasteiger charge is -2.28. The predicted octanol–water partition coefficient (Wildman–Crippen LogP) is 3.65. The van der Waals surface area contributed by atoms with Crippen molar-refractivity contribution in [2.45, 2.75) is 12.8 Å². The van der Waals surface area contributed by atoms with Crippen molar-refractivity contribution in [1.29, 1.82) is 0 Å². The van der Waals surface area contributed by atoms with E-state index in [1.807, 2.05) is 24.3 Å². The Hall–Kier alpha value is -1.85. The molecule has 1 fully saturated rings. The molecule has 1 aliphatic rings. The highest BCUT2D eigenvalue weighted by atomic mass is 79.9. The Kier molecular flexibility index (Phi) is 6.48. The summed E-state index contributed by atoms with van der Waals surface area (Å²) in [7, 11) is 0. The van der Waals surface area contributed by atoms with E-state index >= 15 is 0 Å². The smallest absolute Gasteiger partial charge is 0.251 e. The van der Waals surface area contributed by atoms with Crippen LogP contribution in [0.15, 0.2) is 53.0 Å². The predicted molar refractivity (Wildman–Crippen MR) is 104 cm³/mol. The number of amides is 1. The van der Waals surface area contributed by atoms with Gasteiger partial charge in [0.2, 0.25) is 0 Å². The van der Waals surface area contributed by atoms with Crippen LogP contribution in [0.25, 0.3) is 0 Å². The summed E-state index contributed by atoms with van der Waals surface area (Å²) in [6.45, 7) is 4.21. The maximum atomic E-state index is 12.1. The van der Waals surface area contributed by atoms with E-state index in [0.717, 1.165) is 43.6 Å². The number of aryl methyl sites for hydroxylation is 1. The third-order valence-electron chi connectivity index (χ3n) is 4.33. The topological polar surface area (TPSA) is 41.6 Å². The maximum absolute atomic E-state index is 12.1. The van der Waals surface area contributed by atoms with E-state index in [1.165, 1.54) is 11.3 Å². The summed E-state index contributed by atoms with van der Waals surface area (Å²) in [5.41, 5.74) is 3.24. The van der Waals surface area contributed by atoms with Crippen molar-refractivity contribution in [1.82, 2.24) is 5.32 Å². The van der Waals surface area contributed by atoms with Gasteiger partial charge in [0.15, 0.2) is 0 Å². The largest absolute Gasteiger partial charge is 0.378 e. The van der Waals surface area contributed by atoms with Crippen LogP contribution in [0.3, 0.4) is 0 Å². The lowest BCUT2D eigenvalue weighted by atomic mass is 10.1. The van der Waals surface area contributed by atoms with Crippen molar-refractivity contribution >= 4 is 27.5 Å². The average molecular weight is 403 g/mol. The van der Waals surface area contributed by atoms with Gasteiger partial charge in [0, 0.05) is 35.4 Å². The van der Waals surface area contributed by atoms with Gasteiger partial charge in [0.1, 0.15) is 0 Å². The van der Waals surface area contributed by atoms with Crippen LogP contribution in [-0.2, 0) is 11.2 Å². The molecule has 0 radical (unpaired) electrons. The summed E-state index contributed by atoms with van der Waals surface area (Å²) in [6.07, 6.45) is 1.89. The normalized spacial score (nSPS) is 14.4. The zero-order valence-electron chi connectivity index (χ0n) is 14.2. The number of hydrogen-bond donors (Lipinski definition) is 1. The third kappa shape index (κ3) is 5.31. The van der Waals surface area contributed by atoms with Crippen LogP contribution in [-0.4, -0.2) is 38.8 Å². The Morgan fingerprint density at radius 3 is 2.60 bits per heavy atom. The molecule has 25 heavy (non-hydrogen) atoms. The van der Waals surface area contributed by atoms with Crippen molar-refractivity contribution in [3.05, 3.63) is 64.1 Å². The number of benzene rings is 2. The summed E-state index contributed by atoms with van der Waals surface area (Å²) in [5, 5.41) is 2.98. The highest BCUT2D eigenvalue weighted by Gasteiger charge is 2.10. The Morgan fingerprint density at radius 2 is 1.88 bits per heavy atom. The lowest BCUT2D eigenvalue weighted by molar-refractivity contribution is 0.0953. The minimum Gasteiger partial charge on any atom is -0.378 e. The van der Waals surface area contributed by atoms with Crippen LogP contribution in [0.4, 0.5) is 5.69 Å². The van der Waals surface area contributed by atoms with E-state index in [1.54, 1.807) is 0 Å². The van der Waals surface area contributed by atoms with Gasteiger partial charge in [-0.3, -0.25) is 4.79 Å². The zero-order valence-corrected chi connectivity index (χ0v) is 15.8. The minimum atomic E-state index is -0.0241. The van der Waals surface area contributed by atoms with Crippen LogP contribution in [0.1, 0.15) is 22.3 Å². The number of carbonyl (C=O) groups is 1. The summed E-state index contributed by atoms with van der Waals surface area (Å²) in [4.78, 5) is 14.4. The molecule has 1 N–H and O–H groups in total. The first-order valence-corrected chi connectivity index (χ1v) is 9.47. The Balaban J connectivity index is 1.42. The number of nitrogens with one attached hydrogen (secondary N) is 1. The number of halogens is 1. The molecule has 1 saturated heterocycles. The first kappa shape index (κ1) is 18.0. The van der Waals surface area contributed by atoms with Crippen molar-refractivity contribution < 1.29 is 9.53 Å². The van der Waals surface area contributed by atoms with Crippen molar-refractivity contribution in [3.8, 4) is 0 Å². The van der Waals surface area contributed by atoms with Gasteiger partial charge in [-0.25, -0.2) is 0 Å². The van der Waals surface area contributed by atoms with Gasteiger partial charge in [0.25, 0.3) is 5.91 Å². The second-order valence-electron chi connectivity index (χ2n) is 6.14. The number of carbonyl (C=O) groups excluding carboxylic acids is 1. The number of rotatable bonds is 6. The quantitative estimate of drug-likeness (QED) is 0.749. The molecule has 2 aromatic carbocycles. The van der Waals surface area contributed by atoms with Gasteiger partial charge in [-0.1, -0.05) is 34.1 Å². The van der Waals surface area contributed by atoms with E-state index in [0.29, 0.717) is 12.1 Å². The molecule has 1 heterocycles. The van der Waals surface area contributed by atoms with Crippen LogP contribution >= 0.6 is 15.9 Å².